The lowest BCUT2D eigenvalue weighted by molar-refractivity contribution is -0.131. The average Bonchev–Trinajstić information content (AvgIpc) is 3.05. The van der Waals surface area contributed by atoms with E-state index in [4.69, 9.17) is 11.5 Å². The monoisotopic (exact) mass is 669 g/mol. The van der Waals surface area contributed by atoms with Gasteiger partial charge in [0, 0.05) is 48.5 Å². The van der Waals surface area contributed by atoms with Crippen molar-refractivity contribution in [1.82, 2.24) is 41.2 Å². The van der Waals surface area contributed by atoms with Gasteiger partial charge in [-0.25, -0.2) is 9.97 Å². The van der Waals surface area contributed by atoms with E-state index in [9.17, 15) is 28.8 Å². The zero-order chi connectivity index (χ0) is 34.5. The van der Waals surface area contributed by atoms with Crippen molar-refractivity contribution in [3.63, 3.8) is 0 Å². The first-order chi connectivity index (χ1) is 22.4. The number of nitrogens with two attached hydrogens (primary N) is 2. The standard InChI is InChI=1S/C29H39N11O6S/c1-15(3-8-22(42)33-13-20(30)26(44)38-21(9-10-41)27(45)36-16(2)14-47)35-25(43)17-4-6-18(7-5-17)32-11-19-12-34-24-23(37-19)28(46)40-29(31)39-24/h4-7,10,12,15-16,20-21,32,47H,3,8-9,11,13-14,30H2,1-2H3,(H,33,42)(H,35,43)(H,36,45)(H,38,44)(H3,31,34,39,40,46)/t15-,16-,20+,21+/m1/s1. The molecule has 0 radical (unpaired) electrons. The van der Waals surface area contributed by atoms with Gasteiger partial charge in [-0.15, -0.1) is 0 Å². The molecule has 0 saturated carbocycles. The van der Waals surface area contributed by atoms with Crippen molar-refractivity contribution in [2.24, 2.45) is 5.73 Å². The normalized spacial score (nSPS) is 13.4. The summed E-state index contributed by atoms with van der Waals surface area (Å²) >= 11 is 4.09. The number of H-pyrrole nitrogens is 1. The molecule has 0 aliphatic carbocycles. The van der Waals surface area contributed by atoms with Crippen molar-refractivity contribution >= 4 is 65.3 Å². The number of hydrogen-bond donors (Lipinski definition) is 9. The average molecular weight is 670 g/mol. The number of amides is 4. The fraction of sp³-hybridized carbons (Fsp3) is 0.414. The molecule has 2 heterocycles. The Bertz CT molecular complexity index is 1640. The van der Waals surface area contributed by atoms with Crippen LogP contribution in [0.5, 0.6) is 0 Å². The molecule has 0 saturated heterocycles. The zero-order valence-electron chi connectivity index (χ0n) is 25.9. The highest BCUT2D eigenvalue weighted by Crippen LogP contribution is 2.12. The smallest absolute Gasteiger partial charge is 0.280 e. The first-order valence-electron chi connectivity index (χ1n) is 14.7. The van der Waals surface area contributed by atoms with Crippen LogP contribution in [0.4, 0.5) is 11.6 Å². The Hall–Kier alpha value is -5.10. The number of nitrogens with one attached hydrogen (secondary N) is 6. The SMILES string of the molecule is C[C@H](CCC(=O)NC[C@H](N)C(=O)N[C@@H](CC=O)C(=O)N[C@H](C)CS)NC(=O)c1ccc(NCc2cnc3nc(N)[nH]c(=O)c3n2)cc1. The summed E-state index contributed by atoms with van der Waals surface area (Å²) in [7, 11) is 0. The number of nitrogen functional groups attached to an aromatic ring is 1. The number of aromatic nitrogens is 4. The fourth-order valence-electron chi connectivity index (χ4n) is 4.12. The van der Waals surface area contributed by atoms with Crippen LogP contribution in [0.2, 0.25) is 0 Å². The van der Waals surface area contributed by atoms with E-state index in [1.807, 2.05) is 0 Å². The van der Waals surface area contributed by atoms with Crippen molar-refractivity contribution in [2.75, 3.05) is 23.3 Å². The number of rotatable bonds is 17. The minimum atomic E-state index is -1.15. The van der Waals surface area contributed by atoms with E-state index in [1.54, 1.807) is 38.1 Å². The lowest BCUT2D eigenvalue weighted by Crippen LogP contribution is -2.55. The maximum absolute atomic E-state index is 12.7. The Kier molecular flexibility index (Phi) is 13.6. The fourth-order valence-corrected chi connectivity index (χ4v) is 4.21. The van der Waals surface area contributed by atoms with Gasteiger partial charge in [0.25, 0.3) is 11.5 Å². The van der Waals surface area contributed by atoms with Gasteiger partial charge in [-0.2, -0.15) is 17.6 Å². The Labute approximate surface area is 275 Å². The highest BCUT2D eigenvalue weighted by molar-refractivity contribution is 7.80. The van der Waals surface area contributed by atoms with E-state index in [1.165, 1.54) is 6.20 Å². The molecule has 252 valence electrons. The van der Waals surface area contributed by atoms with Gasteiger partial charge >= 0.3 is 0 Å². The van der Waals surface area contributed by atoms with Gasteiger partial charge in [0.15, 0.2) is 11.2 Å². The molecule has 0 spiro atoms. The van der Waals surface area contributed by atoms with E-state index in [0.717, 1.165) is 0 Å². The summed E-state index contributed by atoms with van der Waals surface area (Å²) in [5, 5.41) is 13.6. The van der Waals surface area contributed by atoms with Crippen molar-refractivity contribution < 1.29 is 24.0 Å². The summed E-state index contributed by atoms with van der Waals surface area (Å²) in [5.41, 5.74) is 12.7. The Morgan fingerprint density at radius 3 is 2.43 bits per heavy atom. The van der Waals surface area contributed by atoms with Crippen LogP contribution in [0.1, 0.15) is 49.2 Å². The molecule has 3 rings (SSSR count). The molecule has 3 aromatic rings. The predicted molar refractivity (Wildman–Crippen MR) is 177 cm³/mol. The van der Waals surface area contributed by atoms with Crippen LogP contribution >= 0.6 is 12.6 Å². The second-order valence-electron chi connectivity index (χ2n) is 10.8. The number of carbonyl (C=O) groups excluding carboxylic acids is 5. The number of nitrogens with zero attached hydrogens (tertiary/aromatic N) is 3. The van der Waals surface area contributed by atoms with Gasteiger partial charge in [0.2, 0.25) is 23.7 Å². The molecule has 47 heavy (non-hydrogen) atoms. The highest BCUT2D eigenvalue weighted by atomic mass is 32.1. The molecule has 0 bridgehead atoms. The van der Waals surface area contributed by atoms with Crippen LogP contribution in [0.3, 0.4) is 0 Å². The summed E-state index contributed by atoms with van der Waals surface area (Å²) in [6.07, 6.45) is 2.14. The number of aromatic amines is 1. The number of anilines is 2. The summed E-state index contributed by atoms with van der Waals surface area (Å²) in [4.78, 5) is 87.5. The lowest BCUT2D eigenvalue weighted by Gasteiger charge is -2.21. The van der Waals surface area contributed by atoms with Crippen LogP contribution < -0.4 is 43.6 Å². The van der Waals surface area contributed by atoms with Crippen LogP contribution in [0.15, 0.2) is 35.3 Å². The third kappa shape index (κ3) is 11.3. The van der Waals surface area contributed by atoms with E-state index in [2.05, 4.69) is 59.1 Å². The van der Waals surface area contributed by atoms with Crippen molar-refractivity contribution in [3.05, 3.63) is 52.1 Å². The molecule has 10 N–H and O–H groups in total. The Morgan fingerprint density at radius 2 is 1.74 bits per heavy atom. The first kappa shape index (κ1) is 36.4. The number of aldehydes is 1. The van der Waals surface area contributed by atoms with Crippen LogP contribution in [0.25, 0.3) is 11.2 Å². The summed E-state index contributed by atoms with van der Waals surface area (Å²) < 4.78 is 0. The van der Waals surface area contributed by atoms with Crippen LogP contribution in [-0.4, -0.2) is 86.3 Å². The quantitative estimate of drug-likeness (QED) is 0.0603. The summed E-state index contributed by atoms with van der Waals surface area (Å²) in [6, 6.07) is 3.84. The topological polar surface area (TPSA) is 269 Å². The van der Waals surface area contributed by atoms with Gasteiger partial charge < -0.3 is 42.8 Å². The molecule has 18 heteroatoms. The number of hydrogen-bond acceptors (Lipinski definition) is 13. The maximum Gasteiger partial charge on any atom is 0.280 e. The Morgan fingerprint density at radius 1 is 1.02 bits per heavy atom. The van der Waals surface area contributed by atoms with E-state index in [0.29, 0.717) is 35.4 Å². The van der Waals surface area contributed by atoms with E-state index >= 15 is 0 Å². The largest absolute Gasteiger partial charge is 0.379 e. The molecule has 2 aromatic heterocycles. The predicted octanol–water partition coefficient (Wildman–Crippen LogP) is -1.24. The second kappa shape index (κ2) is 17.6. The van der Waals surface area contributed by atoms with Crippen molar-refractivity contribution in [3.8, 4) is 0 Å². The van der Waals surface area contributed by atoms with Gasteiger partial charge in [-0.05, 0) is 44.5 Å². The molecule has 1 aromatic carbocycles. The molecule has 0 unspecified atom stereocenters. The molecule has 4 amide bonds. The molecular formula is C29H39N11O6S. The lowest BCUT2D eigenvalue weighted by atomic mass is 10.1. The third-order valence-electron chi connectivity index (χ3n) is 6.77. The van der Waals surface area contributed by atoms with Crippen LogP contribution in [0, 0.1) is 0 Å². The van der Waals surface area contributed by atoms with Gasteiger partial charge in [-0.3, -0.25) is 29.0 Å². The molecule has 0 fully saturated rings. The Balaban J connectivity index is 1.39. The minimum absolute atomic E-state index is 0.0436. The van der Waals surface area contributed by atoms with Crippen LogP contribution in [-0.2, 0) is 25.7 Å². The zero-order valence-corrected chi connectivity index (χ0v) is 26.8. The third-order valence-corrected chi connectivity index (χ3v) is 7.32. The molecule has 17 nitrogen and oxygen atoms in total. The number of benzene rings is 1. The van der Waals surface area contributed by atoms with E-state index < -0.39 is 29.5 Å². The molecule has 0 aliphatic heterocycles. The summed E-state index contributed by atoms with van der Waals surface area (Å²) in [6.45, 7) is 3.56. The van der Waals surface area contributed by atoms with Crippen molar-refractivity contribution in [2.45, 2.75) is 63.8 Å². The number of fused-ring (bicyclic) bond motifs is 1. The molecular weight excluding hydrogens is 630 g/mol. The maximum atomic E-state index is 12.7. The van der Waals surface area contributed by atoms with E-state index in [-0.39, 0.29) is 66.9 Å². The number of thiol groups is 1. The number of carbonyl (C=O) groups is 5. The first-order valence-corrected chi connectivity index (χ1v) is 15.4. The molecule has 4 atom stereocenters. The molecule has 0 aliphatic rings. The van der Waals surface area contributed by atoms with Gasteiger partial charge in [0.05, 0.1) is 18.4 Å². The minimum Gasteiger partial charge on any atom is -0.379 e. The van der Waals surface area contributed by atoms with Crippen molar-refractivity contribution in [1.29, 1.82) is 0 Å². The second-order valence-corrected chi connectivity index (χ2v) is 11.2. The highest BCUT2D eigenvalue weighted by Gasteiger charge is 2.24. The summed E-state index contributed by atoms with van der Waals surface area (Å²) in [5.74, 6) is -1.61. The van der Waals surface area contributed by atoms with Gasteiger partial charge in [0.1, 0.15) is 18.4 Å². The van der Waals surface area contributed by atoms with Gasteiger partial charge in [-0.1, -0.05) is 0 Å².